The Kier molecular flexibility index (Phi) is 10.0. The standard InChI is InChI=1S/C69H45N3O/c1-5-19-47(20-6-1)67-70-71-68(73-67)48-35-33-46(34-36-48)55-27-13-15-29-57(55)58-30-16-14-28-56(58)51-39-42-66-62(44-51)61-43-49(38-41-65(61)72(66)54-25-11-4-12-26-54)50-37-40-60-59-31-17-18-32-63(59)69(64(60)45-50,52-21-7-2-8-22-52)53-23-9-3-10-24-53/h1-45H. The fourth-order valence-corrected chi connectivity index (χ4v) is 11.6. The first-order chi connectivity index (χ1) is 36.2. The highest BCUT2D eigenvalue weighted by Crippen LogP contribution is 2.57. The fourth-order valence-electron chi connectivity index (χ4n) is 11.6. The van der Waals surface area contributed by atoms with Crippen molar-refractivity contribution in [2.24, 2.45) is 0 Å². The summed E-state index contributed by atoms with van der Waals surface area (Å²) in [6.07, 6.45) is 0. The molecular formula is C69H45N3O. The van der Waals surface area contributed by atoms with Crippen molar-refractivity contribution in [3.63, 3.8) is 0 Å². The van der Waals surface area contributed by atoms with E-state index in [4.69, 9.17) is 4.42 Å². The van der Waals surface area contributed by atoms with E-state index in [1.54, 1.807) is 0 Å². The van der Waals surface area contributed by atoms with Crippen LogP contribution in [-0.2, 0) is 5.41 Å². The van der Waals surface area contributed by atoms with Gasteiger partial charge in [0.1, 0.15) is 0 Å². The Morgan fingerprint density at radius 3 is 1.32 bits per heavy atom. The van der Waals surface area contributed by atoms with E-state index in [9.17, 15) is 0 Å². The molecule has 73 heavy (non-hydrogen) atoms. The summed E-state index contributed by atoms with van der Waals surface area (Å²) in [4.78, 5) is 0. The number of rotatable bonds is 9. The zero-order chi connectivity index (χ0) is 48.3. The summed E-state index contributed by atoms with van der Waals surface area (Å²) in [5.41, 5.74) is 21.7. The molecule has 0 saturated heterocycles. The lowest BCUT2D eigenvalue weighted by Crippen LogP contribution is -2.28. The average molecular weight is 932 g/mol. The number of aromatic nitrogens is 3. The smallest absolute Gasteiger partial charge is 0.248 e. The Morgan fingerprint density at radius 1 is 0.288 bits per heavy atom. The quantitative estimate of drug-likeness (QED) is 0.145. The van der Waals surface area contributed by atoms with E-state index in [-0.39, 0.29) is 0 Å². The average Bonchev–Trinajstić information content (AvgIpc) is 4.18. The maximum Gasteiger partial charge on any atom is 0.248 e. The molecule has 14 rings (SSSR count). The molecule has 4 nitrogen and oxygen atoms in total. The van der Waals surface area contributed by atoms with Crippen LogP contribution in [0.4, 0.5) is 0 Å². The van der Waals surface area contributed by atoms with Crippen LogP contribution in [0.3, 0.4) is 0 Å². The zero-order valence-corrected chi connectivity index (χ0v) is 39.7. The predicted octanol–water partition coefficient (Wildman–Crippen LogP) is 17.5. The molecule has 4 heteroatoms. The summed E-state index contributed by atoms with van der Waals surface area (Å²) >= 11 is 0. The van der Waals surface area contributed by atoms with Crippen molar-refractivity contribution in [1.29, 1.82) is 0 Å². The maximum absolute atomic E-state index is 6.11. The molecule has 342 valence electrons. The molecule has 11 aromatic carbocycles. The largest absolute Gasteiger partial charge is 0.416 e. The van der Waals surface area contributed by atoms with Gasteiger partial charge in [0.15, 0.2) is 0 Å². The van der Waals surface area contributed by atoms with Gasteiger partial charge >= 0.3 is 0 Å². The first-order valence-electron chi connectivity index (χ1n) is 24.9. The van der Waals surface area contributed by atoms with Crippen LogP contribution in [0.1, 0.15) is 22.3 Å². The Morgan fingerprint density at radius 2 is 0.699 bits per heavy atom. The van der Waals surface area contributed by atoms with E-state index < -0.39 is 5.41 Å². The Hall–Kier alpha value is -9.64. The minimum Gasteiger partial charge on any atom is -0.416 e. The van der Waals surface area contributed by atoms with Crippen molar-refractivity contribution in [3.8, 4) is 84.2 Å². The van der Waals surface area contributed by atoms with Crippen LogP contribution < -0.4 is 0 Å². The van der Waals surface area contributed by atoms with Gasteiger partial charge in [-0.3, -0.25) is 0 Å². The van der Waals surface area contributed by atoms with Crippen LogP contribution in [-0.4, -0.2) is 14.8 Å². The molecule has 0 amide bonds. The summed E-state index contributed by atoms with van der Waals surface area (Å²) in [6.45, 7) is 0. The third-order valence-corrected chi connectivity index (χ3v) is 14.9. The van der Waals surface area contributed by atoms with E-state index in [0.29, 0.717) is 11.8 Å². The molecule has 0 spiro atoms. The number of para-hydroxylation sites is 1. The molecule has 1 aliphatic rings. The highest BCUT2D eigenvalue weighted by Gasteiger charge is 2.46. The van der Waals surface area contributed by atoms with E-state index >= 15 is 0 Å². The Labute approximate surface area is 423 Å². The molecule has 13 aromatic rings. The van der Waals surface area contributed by atoms with Crippen molar-refractivity contribution in [1.82, 2.24) is 14.8 Å². The Balaban J connectivity index is 0.895. The van der Waals surface area contributed by atoms with Crippen LogP contribution in [0.2, 0.25) is 0 Å². The summed E-state index contributed by atoms with van der Waals surface area (Å²) < 4.78 is 8.52. The lowest BCUT2D eigenvalue weighted by molar-refractivity contribution is 0.584. The third kappa shape index (κ3) is 6.91. The highest BCUT2D eigenvalue weighted by molar-refractivity contribution is 6.12. The van der Waals surface area contributed by atoms with Crippen LogP contribution in [0.5, 0.6) is 0 Å². The number of hydrogen-bond donors (Lipinski definition) is 0. The molecule has 0 bridgehead atoms. The summed E-state index contributed by atoms with van der Waals surface area (Å²) in [6, 6.07) is 98.8. The molecule has 1 aliphatic carbocycles. The van der Waals surface area contributed by atoms with Crippen molar-refractivity contribution in [2.75, 3.05) is 0 Å². The first-order valence-corrected chi connectivity index (χ1v) is 24.9. The summed E-state index contributed by atoms with van der Waals surface area (Å²) in [5.74, 6) is 0.997. The van der Waals surface area contributed by atoms with Gasteiger partial charge in [-0.25, -0.2) is 0 Å². The van der Waals surface area contributed by atoms with Gasteiger partial charge in [-0.1, -0.05) is 206 Å². The fraction of sp³-hybridized carbons (Fsp3) is 0.0145. The first kappa shape index (κ1) is 42.3. The normalized spacial score (nSPS) is 12.5. The molecule has 0 N–H and O–H groups in total. The molecule has 0 radical (unpaired) electrons. The molecule has 0 saturated carbocycles. The van der Waals surface area contributed by atoms with E-state index in [2.05, 4.69) is 257 Å². The lowest BCUT2D eigenvalue weighted by Gasteiger charge is -2.34. The Bertz CT molecular complexity index is 4140. The highest BCUT2D eigenvalue weighted by atomic mass is 16.4. The topological polar surface area (TPSA) is 43.9 Å². The van der Waals surface area contributed by atoms with Gasteiger partial charge in [0.05, 0.1) is 16.4 Å². The van der Waals surface area contributed by atoms with Crippen molar-refractivity contribution in [2.45, 2.75) is 5.41 Å². The van der Waals surface area contributed by atoms with Gasteiger partial charge in [-0.05, 0) is 145 Å². The minimum atomic E-state index is -0.482. The van der Waals surface area contributed by atoms with Gasteiger partial charge in [-0.2, -0.15) is 0 Å². The molecular weight excluding hydrogens is 887 g/mol. The monoisotopic (exact) mass is 931 g/mol. The van der Waals surface area contributed by atoms with Gasteiger partial charge in [0.25, 0.3) is 0 Å². The minimum absolute atomic E-state index is 0.482. The van der Waals surface area contributed by atoms with Crippen LogP contribution in [0.25, 0.3) is 106 Å². The number of nitrogens with zero attached hydrogens (tertiary/aromatic N) is 3. The number of hydrogen-bond acceptors (Lipinski definition) is 3. The van der Waals surface area contributed by atoms with Gasteiger partial charge < -0.3 is 8.98 Å². The molecule has 0 atom stereocenters. The van der Waals surface area contributed by atoms with Crippen molar-refractivity contribution < 1.29 is 4.42 Å². The van der Waals surface area contributed by atoms with Gasteiger partial charge in [-0.15, -0.1) is 10.2 Å². The molecule has 0 fully saturated rings. The molecule has 2 heterocycles. The van der Waals surface area contributed by atoms with E-state index in [1.807, 2.05) is 30.3 Å². The van der Waals surface area contributed by atoms with E-state index in [1.165, 1.54) is 60.8 Å². The summed E-state index contributed by atoms with van der Waals surface area (Å²) in [7, 11) is 0. The van der Waals surface area contributed by atoms with Crippen LogP contribution >= 0.6 is 0 Å². The molecule has 0 aliphatic heterocycles. The lowest BCUT2D eigenvalue weighted by atomic mass is 9.67. The second-order valence-corrected chi connectivity index (χ2v) is 18.9. The van der Waals surface area contributed by atoms with Crippen molar-refractivity contribution >= 4 is 21.8 Å². The SMILES string of the molecule is c1ccc(-c2nnc(-c3ccc(-c4ccccc4-c4ccccc4-c4ccc5c(c4)c4cc(-c6ccc7c(c6)C(c6ccccc6)(c6ccccc6)c6ccccc6-7)ccc4n5-c4ccccc4)cc3)o2)cc1. The third-order valence-electron chi connectivity index (χ3n) is 14.9. The van der Waals surface area contributed by atoms with Gasteiger partial charge in [0.2, 0.25) is 11.8 Å². The van der Waals surface area contributed by atoms with Crippen molar-refractivity contribution in [3.05, 3.63) is 295 Å². The maximum atomic E-state index is 6.11. The molecule has 2 aromatic heterocycles. The second kappa shape index (κ2) is 17.3. The van der Waals surface area contributed by atoms with Crippen LogP contribution in [0.15, 0.2) is 277 Å². The van der Waals surface area contributed by atoms with Crippen LogP contribution in [0, 0.1) is 0 Å². The zero-order valence-electron chi connectivity index (χ0n) is 39.7. The predicted molar refractivity (Wildman–Crippen MR) is 299 cm³/mol. The van der Waals surface area contributed by atoms with E-state index in [0.717, 1.165) is 55.7 Å². The second-order valence-electron chi connectivity index (χ2n) is 18.9. The summed E-state index contributed by atoms with van der Waals surface area (Å²) in [5, 5.41) is 11.1. The van der Waals surface area contributed by atoms with Gasteiger partial charge in [0, 0.05) is 27.6 Å². The number of fused-ring (bicyclic) bond motifs is 6. The number of benzene rings is 11. The molecule has 0 unspecified atom stereocenters.